The fourth-order valence-corrected chi connectivity index (χ4v) is 4.50. The predicted molar refractivity (Wildman–Crippen MR) is 100.0 cm³/mol. The number of piperidine rings is 1. The van der Waals surface area contributed by atoms with E-state index in [1.54, 1.807) is 49.6 Å². The quantitative estimate of drug-likeness (QED) is 0.872. The Balaban J connectivity index is 1.77. The summed E-state index contributed by atoms with van der Waals surface area (Å²) in [5.74, 6) is 0.358. The number of nitrogens with one attached hydrogen (secondary N) is 1. The third kappa shape index (κ3) is 4.05. The number of carbonyl (C=O) groups is 1. The summed E-state index contributed by atoms with van der Waals surface area (Å²) in [4.78, 5) is 12.6. The second kappa shape index (κ2) is 7.88. The van der Waals surface area contributed by atoms with Gasteiger partial charge in [-0.05, 0) is 55.3 Å². The van der Waals surface area contributed by atoms with Crippen LogP contribution in [0.2, 0.25) is 0 Å². The van der Waals surface area contributed by atoms with Crippen molar-refractivity contribution in [1.82, 2.24) is 4.31 Å². The van der Waals surface area contributed by atoms with Crippen LogP contribution in [0.1, 0.15) is 29.6 Å². The third-order valence-corrected chi connectivity index (χ3v) is 6.29. The van der Waals surface area contributed by atoms with Crippen LogP contribution in [0, 0.1) is 0 Å². The van der Waals surface area contributed by atoms with Crippen LogP contribution in [-0.4, -0.2) is 38.8 Å². The summed E-state index contributed by atoms with van der Waals surface area (Å²) in [5.41, 5.74) is 0.916. The Morgan fingerprint density at radius 1 is 1.04 bits per heavy atom. The van der Waals surface area contributed by atoms with Crippen LogP contribution in [0.4, 0.5) is 5.69 Å². The molecule has 2 aromatic rings. The topological polar surface area (TPSA) is 75.7 Å². The van der Waals surface area contributed by atoms with Crippen LogP contribution in [0.5, 0.6) is 5.75 Å². The molecule has 1 saturated heterocycles. The van der Waals surface area contributed by atoms with Crippen molar-refractivity contribution in [3.63, 3.8) is 0 Å². The lowest BCUT2D eigenvalue weighted by Gasteiger charge is -2.26. The van der Waals surface area contributed by atoms with Crippen LogP contribution in [0.3, 0.4) is 0 Å². The van der Waals surface area contributed by atoms with Crippen molar-refractivity contribution in [3.8, 4) is 5.75 Å². The fourth-order valence-electron chi connectivity index (χ4n) is 2.93. The number of nitrogens with zero attached hydrogens (tertiary/aromatic N) is 1. The van der Waals surface area contributed by atoms with Gasteiger partial charge in [0.05, 0.1) is 12.0 Å². The maximum Gasteiger partial charge on any atom is 0.255 e. The monoisotopic (exact) mass is 374 g/mol. The van der Waals surface area contributed by atoms with Crippen molar-refractivity contribution in [2.75, 3.05) is 25.5 Å². The number of hydrogen-bond acceptors (Lipinski definition) is 4. The Kier molecular flexibility index (Phi) is 5.58. The summed E-state index contributed by atoms with van der Waals surface area (Å²) in [7, 11) is -1.97. The van der Waals surface area contributed by atoms with Crippen molar-refractivity contribution >= 4 is 21.6 Å². The summed E-state index contributed by atoms with van der Waals surface area (Å²) in [6.45, 7) is 1.09. The van der Waals surface area contributed by atoms with Gasteiger partial charge in [0.15, 0.2) is 0 Å². The standard InChI is InChI=1S/C19H22N2O4S/c1-25-17-10-8-15(9-11-17)19(22)20-16-6-5-7-18(14-16)26(23,24)21-12-3-2-4-13-21/h5-11,14H,2-4,12-13H2,1H3,(H,20,22). The zero-order chi connectivity index (χ0) is 18.6. The van der Waals surface area contributed by atoms with Gasteiger partial charge in [-0.1, -0.05) is 12.5 Å². The smallest absolute Gasteiger partial charge is 0.255 e. The normalized spacial score (nSPS) is 15.4. The molecule has 0 aliphatic carbocycles. The minimum Gasteiger partial charge on any atom is -0.497 e. The van der Waals surface area contributed by atoms with Gasteiger partial charge in [0.1, 0.15) is 5.75 Å². The Hall–Kier alpha value is -2.38. The van der Waals surface area contributed by atoms with E-state index in [4.69, 9.17) is 4.74 Å². The number of sulfonamides is 1. The minimum absolute atomic E-state index is 0.201. The second-order valence-electron chi connectivity index (χ2n) is 6.18. The van der Waals surface area contributed by atoms with Crippen LogP contribution in [0.15, 0.2) is 53.4 Å². The van der Waals surface area contributed by atoms with E-state index < -0.39 is 10.0 Å². The Morgan fingerprint density at radius 3 is 2.38 bits per heavy atom. The first-order valence-corrected chi connectivity index (χ1v) is 10.0. The molecule has 2 aromatic carbocycles. The highest BCUT2D eigenvalue weighted by Crippen LogP contribution is 2.23. The molecule has 0 saturated carbocycles. The highest BCUT2D eigenvalue weighted by atomic mass is 32.2. The van der Waals surface area contributed by atoms with Crippen molar-refractivity contribution in [2.24, 2.45) is 0 Å². The SMILES string of the molecule is COc1ccc(C(=O)Nc2cccc(S(=O)(=O)N3CCCCC3)c2)cc1. The molecule has 26 heavy (non-hydrogen) atoms. The molecule has 1 N–H and O–H groups in total. The summed E-state index contributed by atoms with van der Waals surface area (Å²) >= 11 is 0. The summed E-state index contributed by atoms with van der Waals surface area (Å²) in [5, 5.41) is 2.75. The van der Waals surface area contributed by atoms with Gasteiger partial charge in [0.2, 0.25) is 10.0 Å². The van der Waals surface area contributed by atoms with Gasteiger partial charge in [-0.3, -0.25) is 4.79 Å². The molecule has 1 aliphatic heterocycles. The van der Waals surface area contributed by atoms with Gasteiger partial charge in [-0.25, -0.2) is 8.42 Å². The average Bonchev–Trinajstić information content (AvgIpc) is 2.69. The first kappa shape index (κ1) is 18.4. The molecule has 7 heteroatoms. The van der Waals surface area contributed by atoms with Crippen LogP contribution in [0.25, 0.3) is 0 Å². The molecule has 1 aliphatic rings. The van der Waals surface area contributed by atoms with Crippen molar-refractivity contribution < 1.29 is 17.9 Å². The summed E-state index contributed by atoms with van der Waals surface area (Å²) in [6, 6.07) is 13.1. The molecule has 0 spiro atoms. The Labute approximate surface area is 153 Å². The molecule has 0 bridgehead atoms. The number of benzene rings is 2. The van der Waals surface area contributed by atoms with Crippen LogP contribution >= 0.6 is 0 Å². The lowest BCUT2D eigenvalue weighted by molar-refractivity contribution is 0.102. The number of methoxy groups -OCH3 is 1. The number of amides is 1. The first-order chi connectivity index (χ1) is 12.5. The molecule has 0 unspecified atom stereocenters. The number of ether oxygens (including phenoxy) is 1. The van der Waals surface area contributed by atoms with Gasteiger partial charge in [-0.2, -0.15) is 4.31 Å². The first-order valence-electron chi connectivity index (χ1n) is 8.56. The minimum atomic E-state index is -3.53. The maximum absolute atomic E-state index is 12.8. The average molecular weight is 374 g/mol. The molecule has 0 aromatic heterocycles. The van der Waals surface area contributed by atoms with E-state index >= 15 is 0 Å². The highest BCUT2D eigenvalue weighted by Gasteiger charge is 2.26. The number of carbonyl (C=O) groups excluding carboxylic acids is 1. The van der Waals surface area contributed by atoms with Gasteiger partial charge >= 0.3 is 0 Å². The van der Waals surface area contributed by atoms with E-state index in [0.29, 0.717) is 30.1 Å². The van der Waals surface area contributed by atoms with Gasteiger partial charge < -0.3 is 10.1 Å². The molecule has 1 heterocycles. The molecule has 3 rings (SSSR count). The number of anilines is 1. The lowest BCUT2D eigenvalue weighted by atomic mass is 10.2. The molecule has 0 radical (unpaired) electrons. The van der Waals surface area contributed by atoms with Crippen molar-refractivity contribution in [2.45, 2.75) is 24.2 Å². The van der Waals surface area contributed by atoms with E-state index in [9.17, 15) is 13.2 Å². The molecule has 138 valence electrons. The second-order valence-corrected chi connectivity index (χ2v) is 8.11. The van der Waals surface area contributed by atoms with Gasteiger partial charge in [-0.15, -0.1) is 0 Å². The maximum atomic E-state index is 12.8. The van der Waals surface area contributed by atoms with Crippen LogP contribution < -0.4 is 10.1 Å². The van der Waals surface area contributed by atoms with E-state index in [1.165, 1.54) is 10.4 Å². The van der Waals surface area contributed by atoms with E-state index in [1.807, 2.05) is 0 Å². The third-order valence-electron chi connectivity index (χ3n) is 4.40. The summed E-state index contributed by atoms with van der Waals surface area (Å²) in [6.07, 6.45) is 2.82. The van der Waals surface area contributed by atoms with Crippen molar-refractivity contribution in [3.05, 3.63) is 54.1 Å². The van der Waals surface area contributed by atoms with Crippen LogP contribution in [-0.2, 0) is 10.0 Å². The highest BCUT2D eigenvalue weighted by molar-refractivity contribution is 7.89. The summed E-state index contributed by atoms with van der Waals surface area (Å²) < 4.78 is 32.1. The zero-order valence-corrected chi connectivity index (χ0v) is 15.5. The fraction of sp³-hybridized carbons (Fsp3) is 0.316. The van der Waals surface area contributed by atoms with Gasteiger partial charge in [0, 0.05) is 24.3 Å². The molecule has 1 fully saturated rings. The van der Waals surface area contributed by atoms with Crippen molar-refractivity contribution in [1.29, 1.82) is 0 Å². The largest absolute Gasteiger partial charge is 0.497 e. The lowest BCUT2D eigenvalue weighted by Crippen LogP contribution is -2.35. The van der Waals surface area contributed by atoms with E-state index in [-0.39, 0.29) is 10.8 Å². The Morgan fingerprint density at radius 2 is 1.73 bits per heavy atom. The molecular formula is C19H22N2O4S. The number of rotatable bonds is 5. The molecule has 0 atom stereocenters. The van der Waals surface area contributed by atoms with E-state index in [2.05, 4.69) is 5.32 Å². The molecular weight excluding hydrogens is 352 g/mol. The number of hydrogen-bond donors (Lipinski definition) is 1. The molecule has 1 amide bonds. The molecule has 6 nitrogen and oxygen atoms in total. The Bertz CT molecular complexity index is 873. The zero-order valence-electron chi connectivity index (χ0n) is 14.6. The van der Waals surface area contributed by atoms with Gasteiger partial charge in [0.25, 0.3) is 5.91 Å². The van der Waals surface area contributed by atoms with E-state index in [0.717, 1.165) is 19.3 Å². The predicted octanol–water partition coefficient (Wildman–Crippen LogP) is 3.12.